The van der Waals surface area contributed by atoms with Crippen molar-refractivity contribution in [1.82, 2.24) is 0 Å². The SMILES string of the molecule is CCCCCCCCCCCCCC[SiH2]C(CC)CCC.Cl. The lowest BCUT2D eigenvalue weighted by molar-refractivity contribution is 0.547. The molecule has 0 nitrogen and oxygen atoms in total. The average Bonchev–Trinajstić information content (AvgIpc) is 2.50. The molecule has 0 aromatic carbocycles. The smallest absolute Gasteiger partial charge is 0.0231 e. The molecule has 22 heavy (non-hydrogen) atoms. The van der Waals surface area contributed by atoms with Crippen LogP contribution in [0.2, 0.25) is 11.6 Å². The molecule has 0 heterocycles. The average molecular weight is 349 g/mol. The highest BCUT2D eigenvalue weighted by atomic mass is 35.5. The van der Waals surface area contributed by atoms with Crippen LogP contribution in [0.15, 0.2) is 0 Å². The number of hydrogen-bond donors (Lipinski definition) is 0. The van der Waals surface area contributed by atoms with E-state index in [4.69, 9.17) is 0 Å². The van der Waals surface area contributed by atoms with Gasteiger partial charge in [-0.15, -0.1) is 12.4 Å². The first-order valence-corrected chi connectivity index (χ1v) is 12.2. The van der Waals surface area contributed by atoms with Gasteiger partial charge >= 0.3 is 0 Å². The van der Waals surface area contributed by atoms with Gasteiger partial charge in [0.2, 0.25) is 0 Å². The van der Waals surface area contributed by atoms with E-state index in [9.17, 15) is 0 Å². The third-order valence-corrected chi connectivity index (χ3v) is 7.70. The predicted octanol–water partition coefficient (Wildman–Crippen LogP) is 7.70. The Labute approximate surface area is 150 Å². The van der Waals surface area contributed by atoms with Gasteiger partial charge in [0.25, 0.3) is 0 Å². The summed E-state index contributed by atoms with van der Waals surface area (Å²) < 4.78 is 0. The topological polar surface area (TPSA) is 0 Å². The monoisotopic (exact) mass is 348 g/mol. The fourth-order valence-electron chi connectivity index (χ4n) is 3.41. The lowest BCUT2D eigenvalue weighted by Gasteiger charge is -2.12. The second-order valence-electron chi connectivity index (χ2n) is 7.09. The summed E-state index contributed by atoms with van der Waals surface area (Å²) in [5.41, 5.74) is 1.16. The van der Waals surface area contributed by atoms with Crippen molar-refractivity contribution in [1.29, 1.82) is 0 Å². The van der Waals surface area contributed by atoms with Crippen molar-refractivity contribution in [3.05, 3.63) is 0 Å². The molecule has 0 aliphatic carbocycles. The summed E-state index contributed by atoms with van der Waals surface area (Å²) in [6, 6.07) is 1.62. The van der Waals surface area contributed by atoms with E-state index in [1.54, 1.807) is 12.5 Å². The van der Waals surface area contributed by atoms with E-state index in [0.29, 0.717) is 0 Å². The van der Waals surface area contributed by atoms with E-state index in [-0.39, 0.29) is 21.9 Å². The Kier molecular flexibility index (Phi) is 24.2. The molecule has 2 heteroatoms. The molecule has 0 saturated heterocycles. The molecule has 136 valence electrons. The lowest BCUT2D eigenvalue weighted by Crippen LogP contribution is -2.02. The van der Waals surface area contributed by atoms with Crippen molar-refractivity contribution in [2.45, 2.75) is 129 Å². The van der Waals surface area contributed by atoms with E-state index in [1.807, 2.05) is 0 Å². The first-order valence-electron chi connectivity index (χ1n) is 10.3. The number of unbranched alkanes of at least 4 members (excludes halogenated alkanes) is 11. The van der Waals surface area contributed by atoms with Crippen LogP contribution in [0.4, 0.5) is 0 Å². The molecular formula is C20H45ClSi. The molecular weight excluding hydrogens is 304 g/mol. The second-order valence-corrected chi connectivity index (χ2v) is 9.53. The maximum Gasteiger partial charge on any atom is 0.0231 e. The number of hydrogen-bond acceptors (Lipinski definition) is 0. The van der Waals surface area contributed by atoms with Crippen LogP contribution in [0.25, 0.3) is 0 Å². The van der Waals surface area contributed by atoms with Crippen molar-refractivity contribution in [3.8, 4) is 0 Å². The molecule has 0 aliphatic heterocycles. The minimum absolute atomic E-state index is 0. The maximum absolute atomic E-state index is 2.40. The van der Waals surface area contributed by atoms with Gasteiger partial charge in [0.1, 0.15) is 0 Å². The summed E-state index contributed by atoms with van der Waals surface area (Å²) in [6.45, 7) is 7.05. The third-order valence-electron chi connectivity index (χ3n) is 4.99. The zero-order valence-corrected chi connectivity index (χ0v) is 18.2. The van der Waals surface area contributed by atoms with Crippen LogP contribution < -0.4 is 0 Å². The van der Waals surface area contributed by atoms with E-state index in [1.165, 1.54) is 89.9 Å². The normalized spacial score (nSPS) is 12.7. The molecule has 0 rings (SSSR count). The molecule has 0 amide bonds. The van der Waals surface area contributed by atoms with Gasteiger partial charge in [-0.3, -0.25) is 0 Å². The van der Waals surface area contributed by atoms with Crippen molar-refractivity contribution in [3.63, 3.8) is 0 Å². The van der Waals surface area contributed by atoms with Gasteiger partial charge < -0.3 is 0 Å². The molecule has 0 N–H and O–H groups in total. The minimum Gasteiger partial charge on any atom is -0.147 e. The molecule has 0 aliphatic rings. The van der Waals surface area contributed by atoms with E-state index in [2.05, 4.69) is 20.8 Å². The maximum atomic E-state index is 2.40. The van der Waals surface area contributed by atoms with E-state index in [0.717, 1.165) is 5.54 Å². The van der Waals surface area contributed by atoms with E-state index < -0.39 is 0 Å². The molecule has 0 aromatic heterocycles. The van der Waals surface area contributed by atoms with Crippen molar-refractivity contribution in [2.24, 2.45) is 0 Å². The Balaban J connectivity index is 0. The molecule has 1 unspecified atom stereocenters. The van der Waals surface area contributed by atoms with Gasteiger partial charge in [0.15, 0.2) is 0 Å². The highest BCUT2D eigenvalue weighted by molar-refractivity contribution is 6.37. The molecule has 1 atom stereocenters. The van der Waals surface area contributed by atoms with Crippen LogP contribution in [0.3, 0.4) is 0 Å². The standard InChI is InChI=1S/C20H44Si.ClH/c1-4-7-8-9-10-11-12-13-14-15-16-17-19-21-20(6-3)18-5-2;/h20H,4-19,21H2,1-3H3;1H. The molecule has 0 spiro atoms. The van der Waals surface area contributed by atoms with E-state index >= 15 is 0 Å². The number of rotatable bonds is 17. The molecule has 0 bridgehead atoms. The van der Waals surface area contributed by atoms with Crippen LogP contribution in [0.5, 0.6) is 0 Å². The largest absolute Gasteiger partial charge is 0.147 e. The quantitative estimate of drug-likeness (QED) is 0.186. The third kappa shape index (κ3) is 18.6. The van der Waals surface area contributed by atoms with Gasteiger partial charge in [-0.1, -0.05) is 129 Å². The summed E-state index contributed by atoms with van der Waals surface area (Å²) in [5.74, 6) is 0. The first-order chi connectivity index (χ1) is 10.3. The second kappa shape index (κ2) is 21.5. The summed E-state index contributed by atoms with van der Waals surface area (Å²) in [6.07, 6.45) is 22.2. The fraction of sp³-hybridized carbons (Fsp3) is 1.00. The van der Waals surface area contributed by atoms with Crippen LogP contribution in [-0.4, -0.2) is 9.52 Å². The summed E-state index contributed by atoms with van der Waals surface area (Å²) in [7, 11) is 0.256. The van der Waals surface area contributed by atoms with Crippen LogP contribution >= 0.6 is 12.4 Å². The van der Waals surface area contributed by atoms with Crippen LogP contribution in [0, 0.1) is 0 Å². The highest BCUT2D eigenvalue weighted by Crippen LogP contribution is 2.19. The zero-order valence-electron chi connectivity index (χ0n) is 16.0. The predicted molar refractivity (Wildman–Crippen MR) is 111 cm³/mol. The van der Waals surface area contributed by atoms with Gasteiger partial charge in [-0.2, -0.15) is 0 Å². The Morgan fingerprint density at radius 1 is 0.591 bits per heavy atom. The van der Waals surface area contributed by atoms with Gasteiger partial charge in [-0.05, 0) is 0 Å². The first kappa shape index (κ1) is 24.8. The zero-order chi connectivity index (χ0) is 15.6. The van der Waals surface area contributed by atoms with Crippen molar-refractivity contribution < 1.29 is 0 Å². The lowest BCUT2D eigenvalue weighted by atomic mass is 10.1. The Hall–Kier alpha value is 0.507. The fourth-order valence-corrected chi connectivity index (χ4v) is 5.74. The summed E-state index contributed by atoms with van der Waals surface area (Å²) in [4.78, 5) is 0. The minimum atomic E-state index is 0. The van der Waals surface area contributed by atoms with Crippen LogP contribution in [-0.2, 0) is 0 Å². The van der Waals surface area contributed by atoms with Crippen molar-refractivity contribution >= 4 is 21.9 Å². The van der Waals surface area contributed by atoms with Gasteiger partial charge in [-0.25, -0.2) is 0 Å². The van der Waals surface area contributed by atoms with Crippen LogP contribution in [0.1, 0.15) is 117 Å². The molecule has 0 fully saturated rings. The van der Waals surface area contributed by atoms with Gasteiger partial charge in [0.05, 0.1) is 0 Å². The highest BCUT2D eigenvalue weighted by Gasteiger charge is 2.04. The Bertz CT molecular complexity index is 185. The summed E-state index contributed by atoms with van der Waals surface area (Å²) in [5, 5.41) is 0. The van der Waals surface area contributed by atoms with Crippen molar-refractivity contribution in [2.75, 3.05) is 0 Å². The number of halogens is 1. The van der Waals surface area contributed by atoms with Gasteiger partial charge in [0, 0.05) is 9.52 Å². The molecule has 0 saturated carbocycles. The molecule has 0 aromatic rings. The Morgan fingerprint density at radius 3 is 1.45 bits per heavy atom. The molecule has 0 radical (unpaired) electrons. The summed E-state index contributed by atoms with van der Waals surface area (Å²) >= 11 is 0. The Morgan fingerprint density at radius 2 is 1.05 bits per heavy atom.